The van der Waals surface area contributed by atoms with Gasteiger partial charge in [0, 0.05) is 24.7 Å². The average molecular weight is 249 g/mol. The van der Waals surface area contributed by atoms with Crippen LogP contribution in [0.25, 0.3) is 0 Å². The highest BCUT2D eigenvalue weighted by molar-refractivity contribution is 5.06. The highest BCUT2D eigenvalue weighted by Gasteiger charge is 2.47. The van der Waals surface area contributed by atoms with Gasteiger partial charge in [-0.3, -0.25) is 4.90 Å². The van der Waals surface area contributed by atoms with Crippen molar-refractivity contribution in [1.29, 1.82) is 0 Å². The standard InChI is InChI=1S/C15H27N3/c1-11-8-13-14(9-12(11)17-13)18-6-3-15(4-7-18)2-5-16-10-15/h11-14,16-17H,2-10H2,1H3/t11-,12?,13?,14-/m1/s1. The monoisotopic (exact) mass is 249 g/mol. The third-order valence-electron chi connectivity index (χ3n) is 6.36. The molecule has 0 amide bonds. The zero-order valence-electron chi connectivity index (χ0n) is 11.6. The second-order valence-electron chi connectivity index (χ2n) is 7.36. The first-order valence-electron chi connectivity index (χ1n) is 7.97. The zero-order chi connectivity index (χ0) is 12.2. The predicted octanol–water partition coefficient (Wildman–Crippen LogP) is 1.20. The van der Waals surface area contributed by atoms with Gasteiger partial charge in [-0.05, 0) is 63.1 Å². The van der Waals surface area contributed by atoms with Gasteiger partial charge in [0.05, 0.1) is 0 Å². The number of hydrogen-bond acceptors (Lipinski definition) is 3. The molecule has 0 saturated carbocycles. The summed E-state index contributed by atoms with van der Waals surface area (Å²) in [5, 5.41) is 7.40. The molecule has 3 nitrogen and oxygen atoms in total. The summed E-state index contributed by atoms with van der Waals surface area (Å²) in [6, 6.07) is 2.49. The average Bonchev–Trinajstić information content (AvgIpc) is 3.06. The minimum absolute atomic E-state index is 0.675. The summed E-state index contributed by atoms with van der Waals surface area (Å²) in [4.78, 5) is 2.81. The molecule has 0 aromatic heterocycles. The Kier molecular flexibility index (Phi) is 2.72. The van der Waals surface area contributed by atoms with E-state index in [2.05, 4.69) is 22.5 Å². The zero-order valence-corrected chi connectivity index (χ0v) is 11.6. The Morgan fingerprint density at radius 2 is 1.89 bits per heavy atom. The molecule has 1 spiro atoms. The topological polar surface area (TPSA) is 27.3 Å². The number of nitrogens with zero attached hydrogens (tertiary/aromatic N) is 1. The Balaban J connectivity index is 1.38. The van der Waals surface area contributed by atoms with Gasteiger partial charge in [-0.25, -0.2) is 0 Å². The summed E-state index contributed by atoms with van der Waals surface area (Å²) < 4.78 is 0. The molecular weight excluding hydrogens is 222 g/mol. The van der Waals surface area contributed by atoms with Crippen LogP contribution in [0.4, 0.5) is 0 Å². The fraction of sp³-hybridized carbons (Fsp3) is 1.00. The first-order chi connectivity index (χ1) is 8.76. The van der Waals surface area contributed by atoms with Gasteiger partial charge in [0.2, 0.25) is 0 Å². The second-order valence-corrected chi connectivity index (χ2v) is 7.36. The molecule has 0 aromatic carbocycles. The van der Waals surface area contributed by atoms with Crippen molar-refractivity contribution >= 4 is 0 Å². The van der Waals surface area contributed by atoms with Crippen molar-refractivity contribution < 1.29 is 0 Å². The summed E-state index contributed by atoms with van der Waals surface area (Å²) in [7, 11) is 0. The number of piperidine rings is 1. The van der Waals surface area contributed by atoms with Crippen LogP contribution in [-0.4, -0.2) is 49.2 Å². The van der Waals surface area contributed by atoms with Crippen molar-refractivity contribution in [3.05, 3.63) is 0 Å². The maximum absolute atomic E-state index is 3.83. The minimum atomic E-state index is 0.675. The van der Waals surface area contributed by atoms with Gasteiger partial charge in [-0.1, -0.05) is 6.92 Å². The van der Waals surface area contributed by atoms with Crippen LogP contribution >= 0.6 is 0 Å². The maximum atomic E-state index is 3.83. The van der Waals surface area contributed by atoms with Crippen molar-refractivity contribution in [2.75, 3.05) is 26.2 Å². The molecule has 2 N–H and O–H groups in total. The number of hydrogen-bond donors (Lipinski definition) is 2. The molecule has 4 fully saturated rings. The van der Waals surface area contributed by atoms with E-state index < -0.39 is 0 Å². The maximum Gasteiger partial charge on any atom is 0.0264 e. The second kappa shape index (κ2) is 4.19. The van der Waals surface area contributed by atoms with Crippen LogP contribution < -0.4 is 10.6 Å². The highest BCUT2D eigenvalue weighted by Crippen LogP contribution is 2.41. The first kappa shape index (κ1) is 11.7. The number of rotatable bonds is 1. The van der Waals surface area contributed by atoms with E-state index in [0.29, 0.717) is 5.41 Å². The van der Waals surface area contributed by atoms with Crippen LogP contribution in [0.1, 0.15) is 39.0 Å². The normalized spacial score (nSPS) is 47.2. The molecule has 3 heteroatoms. The van der Waals surface area contributed by atoms with E-state index in [1.165, 1.54) is 58.3 Å². The van der Waals surface area contributed by atoms with Gasteiger partial charge in [-0.2, -0.15) is 0 Å². The van der Waals surface area contributed by atoms with Crippen LogP contribution in [0.15, 0.2) is 0 Å². The highest BCUT2D eigenvalue weighted by atomic mass is 15.2. The fourth-order valence-electron chi connectivity index (χ4n) is 5.02. The Labute approximate surface area is 111 Å². The van der Waals surface area contributed by atoms with Crippen molar-refractivity contribution in [1.82, 2.24) is 15.5 Å². The first-order valence-corrected chi connectivity index (χ1v) is 7.97. The van der Waals surface area contributed by atoms with Gasteiger partial charge < -0.3 is 10.6 Å². The molecule has 2 bridgehead atoms. The Bertz CT molecular complexity index is 312. The molecule has 2 unspecified atom stereocenters. The van der Waals surface area contributed by atoms with Gasteiger partial charge >= 0.3 is 0 Å². The third-order valence-corrected chi connectivity index (χ3v) is 6.36. The van der Waals surface area contributed by atoms with E-state index in [1.54, 1.807) is 0 Å². The van der Waals surface area contributed by atoms with E-state index in [1.807, 2.05) is 0 Å². The van der Waals surface area contributed by atoms with Gasteiger partial charge in [0.15, 0.2) is 0 Å². The molecule has 4 saturated heterocycles. The molecule has 0 aliphatic carbocycles. The molecule has 0 radical (unpaired) electrons. The fourth-order valence-corrected chi connectivity index (χ4v) is 5.02. The van der Waals surface area contributed by atoms with Crippen LogP contribution in [0.2, 0.25) is 0 Å². The number of likely N-dealkylation sites (tertiary alicyclic amines) is 1. The predicted molar refractivity (Wildman–Crippen MR) is 73.6 cm³/mol. The minimum Gasteiger partial charge on any atom is -0.316 e. The molecule has 0 aromatic rings. The molecule has 4 aliphatic rings. The van der Waals surface area contributed by atoms with E-state index in [9.17, 15) is 0 Å². The molecule has 4 atom stereocenters. The molecule has 102 valence electrons. The molecule has 4 heterocycles. The summed E-state index contributed by atoms with van der Waals surface area (Å²) in [5.41, 5.74) is 0.675. The smallest absolute Gasteiger partial charge is 0.0264 e. The van der Waals surface area contributed by atoms with Crippen molar-refractivity contribution in [3.63, 3.8) is 0 Å². The Morgan fingerprint density at radius 1 is 1.06 bits per heavy atom. The van der Waals surface area contributed by atoms with Crippen molar-refractivity contribution in [2.45, 2.75) is 57.2 Å². The summed E-state index contributed by atoms with van der Waals surface area (Å²) in [5.74, 6) is 0.918. The lowest BCUT2D eigenvalue weighted by Crippen LogP contribution is -2.50. The lowest BCUT2D eigenvalue weighted by Gasteiger charge is -2.43. The lowest BCUT2D eigenvalue weighted by molar-refractivity contribution is 0.0700. The summed E-state index contributed by atoms with van der Waals surface area (Å²) >= 11 is 0. The Hall–Kier alpha value is -0.120. The third kappa shape index (κ3) is 1.75. The van der Waals surface area contributed by atoms with Crippen molar-refractivity contribution in [3.8, 4) is 0 Å². The van der Waals surface area contributed by atoms with Crippen LogP contribution in [0.3, 0.4) is 0 Å². The van der Waals surface area contributed by atoms with Gasteiger partial charge in [0.1, 0.15) is 0 Å². The van der Waals surface area contributed by atoms with Gasteiger partial charge in [0.25, 0.3) is 0 Å². The molecule has 4 rings (SSSR count). The van der Waals surface area contributed by atoms with Gasteiger partial charge in [-0.15, -0.1) is 0 Å². The number of nitrogens with one attached hydrogen (secondary N) is 2. The number of fused-ring (bicyclic) bond motifs is 2. The van der Waals surface area contributed by atoms with Crippen LogP contribution in [-0.2, 0) is 0 Å². The largest absolute Gasteiger partial charge is 0.316 e. The quantitative estimate of drug-likeness (QED) is 0.731. The molecular formula is C15H27N3. The van der Waals surface area contributed by atoms with Crippen molar-refractivity contribution in [2.24, 2.45) is 11.3 Å². The SMILES string of the molecule is C[C@@H]1CC2NC1C[C@H]2N1CCC2(CCNC2)CC1. The van der Waals surface area contributed by atoms with Crippen LogP contribution in [0, 0.1) is 11.3 Å². The molecule has 18 heavy (non-hydrogen) atoms. The summed E-state index contributed by atoms with van der Waals surface area (Å²) in [6.45, 7) is 7.67. The van der Waals surface area contributed by atoms with E-state index >= 15 is 0 Å². The summed E-state index contributed by atoms with van der Waals surface area (Å²) in [6.07, 6.45) is 7.12. The van der Waals surface area contributed by atoms with Crippen LogP contribution in [0.5, 0.6) is 0 Å². The van der Waals surface area contributed by atoms with E-state index in [-0.39, 0.29) is 0 Å². The lowest BCUT2D eigenvalue weighted by atomic mass is 9.76. The molecule has 4 aliphatic heterocycles. The Morgan fingerprint density at radius 3 is 2.44 bits per heavy atom. The van der Waals surface area contributed by atoms with E-state index in [4.69, 9.17) is 0 Å². The van der Waals surface area contributed by atoms with E-state index in [0.717, 1.165) is 24.0 Å².